The van der Waals surface area contributed by atoms with Gasteiger partial charge in [-0.3, -0.25) is 9.36 Å². The number of thioether (sulfide) groups is 1. The molecule has 0 radical (unpaired) electrons. The summed E-state index contributed by atoms with van der Waals surface area (Å²) in [5.74, 6) is 0.325. The van der Waals surface area contributed by atoms with E-state index in [4.69, 9.17) is 5.26 Å². The molecule has 0 unspecified atom stereocenters. The predicted octanol–water partition coefficient (Wildman–Crippen LogP) is 3.82. The van der Waals surface area contributed by atoms with Crippen LogP contribution in [-0.2, 0) is 6.54 Å². The Bertz CT molecular complexity index is 764. The van der Waals surface area contributed by atoms with Gasteiger partial charge in [0.15, 0.2) is 5.16 Å². The summed E-state index contributed by atoms with van der Waals surface area (Å²) in [7, 11) is 0. The van der Waals surface area contributed by atoms with Crippen LogP contribution in [0.25, 0.3) is 10.9 Å². The molecule has 0 amide bonds. The molecule has 0 aliphatic heterocycles. The average molecular weight is 366 g/mol. The van der Waals surface area contributed by atoms with Crippen LogP contribution in [0.1, 0.15) is 20.8 Å². The molecule has 1 aromatic heterocycles. The van der Waals surface area contributed by atoms with E-state index in [0.29, 0.717) is 28.5 Å². The third-order valence-electron chi connectivity index (χ3n) is 2.89. The van der Waals surface area contributed by atoms with E-state index in [-0.39, 0.29) is 10.8 Å². The monoisotopic (exact) mass is 365 g/mol. The lowest BCUT2D eigenvalue weighted by atomic mass is 10.2. The van der Waals surface area contributed by atoms with Crippen LogP contribution in [0.2, 0.25) is 0 Å². The summed E-state index contributed by atoms with van der Waals surface area (Å²) in [5, 5.41) is 9.95. The Kier molecular flexibility index (Phi) is 5.07. The van der Waals surface area contributed by atoms with Crippen molar-refractivity contribution in [2.24, 2.45) is 5.92 Å². The Labute approximate surface area is 136 Å². The highest BCUT2D eigenvalue weighted by Gasteiger charge is 2.15. The van der Waals surface area contributed by atoms with Crippen molar-refractivity contribution in [2.45, 2.75) is 37.7 Å². The third-order valence-corrected chi connectivity index (χ3v) is 4.37. The Morgan fingerprint density at radius 2 is 2.14 bits per heavy atom. The van der Waals surface area contributed by atoms with Crippen LogP contribution < -0.4 is 5.56 Å². The molecule has 6 heteroatoms. The van der Waals surface area contributed by atoms with Gasteiger partial charge in [0, 0.05) is 11.0 Å². The number of benzene rings is 1. The maximum Gasteiger partial charge on any atom is 0.262 e. The van der Waals surface area contributed by atoms with Crippen molar-refractivity contribution in [1.29, 1.82) is 5.26 Å². The van der Waals surface area contributed by atoms with Crippen molar-refractivity contribution < 1.29 is 0 Å². The first kappa shape index (κ1) is 16.1. The lowest BCUT2D eigenvalue weighted by molar-refractivity contribution is 0.475. The normalized spacial score (nSPS) is 12.6. The molecule has 0 N–H and O–H groups in total. The van der Waals surface area contributed by atoms with E-state index in [9.17, 15) is 4.79 Å². The van der Waals surface area contributed by atoms with Crippen LogP contribution in [0.3, 0.4) is 0 Å². The molecular weight excluding hydrogens is 350 g/mol. The second-order valence-electron chi connectivity index (χ2n) is 5.25. The average Bonchev–Trinajstić information content (AvgIpc) is 2.43. The Morgan fingerprint density at radius 1 is 1.43 bits per heavy atom. The highest BCUT2D eigenvalue weighted by atomic mass is 79.9. The van der Waals surface area contributed by atoms with E-state index in [1.54, 1.807) is 10.6 Å². The van der Waals surface area contributed by atoms with Crippen molar-refractivity contribution in [3.8, 4) is 6.07 Å². The minimum Gasteiger partial charge on any atom is -0.287 e. The van der Waals surface area contributed by atoms with Crippen molar-refractivity contribution >= 4 is 38.6 Å². The Morgan fingerprint density at radius 3 is 2.76 bits per heavy atom. The van der Waals surface area contributed by atoms with E-state index in [2.05, 4.69) is 40.8 Å². The highest BCUT2D eigenvalue weighted by molar-refractivity contribution is 9.10. The van der Waals surface area contributed by atoms with Crippen molar-refractivity contribution in [1.82, 2.24) is 9.55 Å². The summed E-state index contributed by atoms with van der Waals surface area (Å²) in [6, 6.07) is 7.65. The van der Waals surface area contributed by atoms with E-state index >= 15 is 0 Å². The van der Waals surface area contributed by atoms with Gasteiger partial charge in [0.05, 0.1) is 22.2 Å². The number of rotatable bonds is 4. The number of halogens is 1. The molecule has 1 heterocycles. The molecule has 0 fully saturated rings. The smallest absolute Gasteiger partial charge is 0.262 e. The molecule has 110 valence electrons. The van der Waals surface area contributed by atoms with Gasteiger partial charge in [0.25, 0.3) is 5.56 Å². The van der Waals surface area contributed by atoms with E-state index in [0.717, 1.165) is 4.47 Å². The third kappa shape index (κ3) is 3.66. The van der Waals surface area contributed by atoms with E-state index < -0.39 is 0 Å². The predicted molar refractivity (Wildman–Crippen MR) is 89.5 cm³/mol. The van der Waals surface area contributed by atoms with Gasteiger partial charge >= 0.3 is 0 Å². The van der Waals surface area contributed by atoms with Crippen LogP contribution >= 0.6 is 27.7 Å². The zero-order chi connectivity index (χ0) is 15.6. The second kappa shape index (κ2) is 6.63. The largest absolute Gasteiger partial charge is 0.287 e. The number of fused-ring (bicyclic) bond motifs is 1. The van der Waals surface area contributed by atoms with Gasteiger partial charge in [-0.2, -0.15) is 5.26 Å². The molecule has 0 bridgehead atoms. The fraction of sp³-hybridized carbons (Fsp3) is 0.400. The first-order valence-electron chi connectivity index (χ1n) is 6.68. The SMILES string of the molecule is CC(C)Cn1c(S[C@H](C)C#N)nc2ccc(Br)cc2c1=O. The maximum atomic E-state index is 12.7. The van der Waals surface area contributed by atoms with Crippen molar-refractivity contribution in [3.63, 3.8) is 0 Å². The molecule has 0 aliphatic carbocycles. The minimum atomic E-state index is -0.247. The molecule has 0 saturated heterocycles. The molecule has 0 saturated carbocycles. The van der Waals surface area contributed by atoms with Crippen molar-refractivity contribution in [3.05, 3.63) is 33.0 Å². The second-order valence-corrected chi connectivity index (χ2v) is 7.48. The van der Waals surface area contributed by atoms with Crippen molar-refractivity contribution in [2.75, 3.05) is 0 Å². The van der Waals surface area contributed by atoms with Gasteiger partial charge in [-0.25, -0.2) is 4.98 Å². The fourth-order valence-electron chi connectivity index (χ4n) is 1.97. The number of nitrogens with zero attached hydrogens (tertiary/aromatic N) is 3. The Hall–Kier alpha value is -1.32. The molecule has 4 nitrogen and oxygen atoms in total. The molecular formula is C15H16BrN3OS. The summed E-state index contributed by atoms with van der Waals surface area (Å²) < 4.78 is 2.54. The van der Waals surface area contributed by atoms with Crippen LogP contribution in [0.4, 0.5) is 0 Å². The minimum absolute atomic E-state index is 0.0531. The van der Waals surface area contributed by atoms with Crippen LogP contribution in [-0.4, -0.2) is 14.8 Å². The first-order chi connectivity index (χ1) is 9.92. The molecule has 1 aromatic carbocycles. The van der Waals surface area contributed by atoms with Crippen LogP contribution in [0.15, 0.2) is 32.6 Å². The van der Waals surface area contributed by atoms with E-state index in [1.165, 1.54) is 11.8 Å². The summed E-state index contributed by atoms with van der Waals surface area (Å²) in [6.45, 7) is 6.51. The maximum absolute atomic E-state index is 12.7. The van der Waals surface area contributed by atoms with Crippen LogP contribution in [0.5, 0.6) is 0 Å². The zero-order valence-corrected chi connectivity index (χ0v) is 14.5. The topological polar surface area (TPSA) is 58.7 Å². The Balaban J connectivity index is 2.67. The van der Waals surface area contributed by atoms with E-state index in [1.807, 2.05) is 19.1 Å². The molecule has 21 heavy (non-hydrogen) atoms. The quantitative estimate of drug-likeness (QED) is 0.610. The van der Waals surface area contributed by atoms with Gasteiger partial charge in [-0.1, -0.05) is 41.5 Å². The highest BCUT2D eigenvalue weighted by Crippen LogP contribution is 2.24. The molecule has 1 atom stereocenters. The lowest BCUT2D eigenvalue weighted by Gasteiger charge is -2.15. The van der Waals surface area contributed by atoms with Gasteiger partial charge in [-0.15, -0.1) is 0 Å². The van der Waals surface area contributed by atoms with Gasteiger partial charge < -0.3 is 0 Å². The summed E-state index contributed by atoms with van der Waals surface area (Å²) in [6.07, 6.45) is 0. The lowest BCUT2D eigenvalue weighted by Crippen LogP contribution is -2.26. The summed E-state index contributed by atoms with van der Waals surface area (Å²) >= 11 is 4.71. The molecule has 2 rings (SSSR count). The zero-order valence-electron chi connectivity index (χ0n) is 12.1. The summed E-state index contributed by atoms with van der Waals surface area (Å²) in [5.41, 5.74) is 0.610. The first-order valence-corrected chi connectivity index (χ1v) is 8.36. The number of hydrogen-bond donors (Lipinski definition) is 0. The van der Waals surface area contributed by atoms with Gasteiger partial charge in [-0.05, 0) is 31.0 Å². The fourth-order valence-corrected chi connectivity index (χ4v) is 3.14. The molecule has 2 aromatic rings. The standard InChI is InChI=1S/C15H16BrN3OS/c1-9(2)8-19-14(20)12-6-11(16)4-5-13(12)18-15(19)21-10(3)7-17/h4-6,9-10H,8H2,1-3H3/t10-/m1/s1. The molecule has 0 spiro atoms. The number of aromatic nitrogens is 2. The number of nitriles is 1. The van der Waals surface area contributed by atoms with Gasteiger partial charge in [0.1, 0.15) is 0 Å². The van der Waals surface area contributed by atoms with Gasteiger partial charge in [0.2, 0.25) is 0 Å². The van der Waals surface area contributed by atoms with Crippen LogP contribution in [0, 0.1) is 17.2 Å². The molecule has 0 aliphatic rings. The summed E-state index contributed by atoms with van der Waals surface area (Å²) in [4.78, 5) is 17.3. The number of hydrogen-bond acceptors (Lipinski definition) is 4.